The Bertz CT molecular complexity index is 657. The lowest BCUT2D eigenvalue weighted by molar-refractivity contribution is -0.137. The van der Waals surface area contributed by atoms with Crippen LogP contribution in [0.25, 0.3) is 11.4 Å². The molecule has 2 aromatic rings. The summed E-state index contributed by atoms with van der Waals surface area (Å²) in [6.07, 6.45) is -3.63. The number of aliphatic hydroxyl groups is 1. The van der Waals surface area contributed by atoms with Crippen LogP contribution in [0, 0.1) is 12.8 Å². The number of hydrogen-bond acceptors (Lipinski definition) is 5. The van der Waals surface area contributed by atoms with E-state index < -0.39 is 17.3 Å². The second kappa shape index (κ2) is 5.42. The Morgan fingerprint density at radius 3 is 2.50 bits per heavy atom. The van der Waals surface area contributed by atoms with Crippen LogP contribution in [0.2, 0.25) is 0 Å². The number of alkyl halides is 3. The second-order valence-corrected chi connectivity index (χ2v) is 5.87. The van der Waals surface area contributed by atoms with Crippen molar-refractivity contribution < 1.29 is 27.2 Å². The van der Waals surface area contributed by atoms with Gasteiger partial charge < -0.3 is 14.0 Å². The molecule has 0 saturated heterocycles. The van der Waals surface area contributed by atoms with Crippen LogP contribution in [0.1, 0.15) is 44.4 Å². The Morgan fingerprint density at radius 2 is 1.95 bits per heavy atom. The van der Waals surface area contributed by atoms with Crippen molar-refractivity contribution in [2.24, 2.45) is 5.92 Å². The zero-order valence-electron chi connectivity index (χ0n) is 12.7. The van der Waals surface area contributed by atoms with E-state index in [1.165, 1.54) is 13.8 Å². The summed E-state index contributed by atoms with van der Waals surface area (Å²) in [6, 6.07) is 0. The zero-order valence-corrected chi connectivity index (χ0v) is 12.7. The molecule has 0 aliphatic carbocycles. The maximum absolute atomic E-state index is 13.0. The fourth-order valence-corrected chi connectivity index (χ4v) is 2.37. The Labute approximate surface area is 125 Å². The first-order chi connectivity index (χ1) is 10.0. The highest BCUT2D eigenvalue weighted by Gasteiger charge is 2.39. The molecule has 5 nitrogen and oxygen atoms in total. The van der Waals surface area contributed by atoms with E-state index in [1.54, 1.807) is 0 Å². The van der Waals surface area contributed by atoms with Gasteiger partial charge in [-0.2, -0.15) is 18.2 Å². The number of aryl methyl sites for hydroxylation is 1. The summed E-state index contributed by atoms with van der Waals surface area (Å²) in [4.78, 5) is 3.92. The molecule has 0 fully saturated rings. The minimum absolute atomic E-state index is 0.0307. The van der Waals surface area contributed by atoms with Gasteiger partial charge in [0.25, 0.3) is 5.89 Å². The molecule has 0 aromatic carbocycles. The lowest BCUT2D eigenvalue weighted by atomic mass is 9.94. The molecule has 0 aliphatic rings. The predicted molar refractivity (Wildman–Crippen MR) is 70.8 cm³/mol. The van der Waals surface area contributed by atoms with Crippen molar-refractivity contribution in [1.82, 2.24) is 10.1 Å². The molecule has 2 rings (SSSR count). The topological polar surface area (TPSA) is 72.3 Å². The summed E-state index contributed by atoms with van der Waals surface area (Å²) in [5, 5.41) is 13.9. The van der Waals surface area contributed by atoms with Crippen LogP contribution in [0.15, 0.2) is 15.2 Å². The van der Waals surface area contributed by atoms with Crippen molar-refractivity contribution in [1.29, 1.82) is 0 Å². The van der Waals surface area contributed by atoms with Gasteiger partial charge in [0.05, 0.1) is 5.56 Å². The molecule has 8 heteroatoms. The molecule has 1 unspecified atom stereocenters. The Kier molecular flexibility index (Phi) is 4.08. The molecule has 122 valence electrons. The van der Waals surface area contributed by atoms with Crippen LogP contribution in [0.5, 0.6) is 0 Å². The van der Waals surface area contributed by atoms with Gasteiger partial charge in [-0.15, -0.1) is 0 Å². The first-order valence-electron chi connectivity index (χ1n) is 6.74. The van der Waals surface area contributed by atoms with Gasteiger partial charge in [0.1, 0.15) is 23.2 Å². The van der Waals surface area contributed by atoms with Crippen molar-refractivity contribution >= 4 is 0 Å². The number of halogens is 3. The first-order valence-corrected chi connectivity index (χ1v) is 6.74. The number of nitrogens with zero attached hydrogens (tertiary/aromatic N) is 2. The van der Waals surface area contributed by atoms with E-state index in [9.17, 15) is 18.3 Å². The van der Waals surface area contributed by atoms with Crippen molar-refractivity contribution in [3.05, 3.63) is 23.5 Å². The van der Waals surface area contributed by atoms with Gasteiger partial charge in [-0.05, 0) is 26.2 Å². The van der Waals surface area contributed by atoms with E-state index in [-0.39, 0.29) is 29.0 Å². The summed E-state index contributed by atoms with van der Waals surface area (Å²) in [7, 11) is 0. The van der Waals surface area contributed by atoms with Crippen LogP contribution in [0.3, 0.4) is 0 Å². The molecular weight excluding hydrogens is 301 g/mol. The van der Waals surface area contributed by atoms with E-state index in [0.29, 0.717) is 12.7 Å². The summed E-state index contributed by atoms with van der Waals surface area (Å²) in [5.74, 6) is -0.197. The molecule has 0 radical (unpaired) electrons. The molecule has 22 heavy (non-hydrogen) atoms. The SMILES string of the molecule is Cc1occ(C(F)(F)F)c1-c1noc(C(C)(O)CC(C)C)n1. The second-order valence-electron chi connectivity index (χ2n) is 5.87. The van der Waals surface area contributed by atoms with Gasteiger partial charge in [0.15, 0.2) is 0 Å². The van der Waals surface area contributed by atoms with Gasteiger partial charge in [-0.25, -0.2) is 0 Å². The van der Waals surface area contributed by atoms with E-state index in [2.05, 4.69) is 10.1 Å². The van der Waals surface area contributed by atoms with E-state index in [1.807, 2.05) is 13.8 Å². The van der Waals surface area contributed by atoms with E-state index in [4.69, 9.17) is 8.94 Å². The third-order valence-electron chi connectivity index (χ3n) is 3.20. The highest BCUT2D eigenvalue weighted by molar-refractivity contribution is 5.62. The number of furan rings is 1. The van der Waals surface area contributed by atoms with Gasteiger partial charge in [0.2, 0.25) is 5.82 Å². The van der Waals surface area contributed by atoms with Crippen LogP contribution < -0.4 is 0 Å². The first kappa shape index (κ1) is 16.5. The highest BCUT2D eigenvalue weighted by Crippen LogP contribution is 2.39. The fraction of sp³-hybridized carbons (Fsp3) is 0.571. The van der Waals surface area contributed by atoms with Gasteiger partial charge >= 0.3 is 6.18 Å². The minimum Gasteiger partial charge on any atom is -0.468 e. The van der Waals surface area contributed by atoms with Crippen LogP contribution in [-0.4, -0.2) is 15.2 Å². The quantitative estimate of drug-likeness (QED) is 0.925. The average Bonchev–Trinajstić information content (AvgIpc) is 2.91. The summed E-state index contributed by atoms with van der Waals surface area (Å²) in [5.41, 5.74) is -2.65. The lowest BCUT2D eigenvalue weighted by Gasteiger charge is -2.20. The normalized spacial score (nSPS) is 15.3. The molecule has 0 aliphatic heterocycles. The predicted octanol–water partition coefficient (Wildman–Crippen LogP) is 3.91. The van der Waals surface area contributed by atoms with Crippen LogP contribution >= 0.6 is 0 Å². The Morgan fingerprint density at radius 1 is 1.32 bits per heavy atom. The van der Waals surface area contributed by atoms with Gasteiger partial charge in [0, 0.05) is 0 Å². The van der Waals surface area contributed by atoms with Gasteiger partial charge in [-0.3, -0.25) is 0 Å². The Hall–Kier alpha value is -1.83. The standard InChI is InChI=1S/C14H17F3N2O3/c1-7(2)5-13(4,20)12-18-11(19-22-12)10-8(3)21-6-9(10)14(15,16)17/h6-7,20H,5H2,1-4H3. The monoisotopic (exact) mass is 318 g/mol. The number of hydrogen-bond donors (Lipinski definition) is 1. The highest BCUT2D eigenvalue weighted by atomic mass is 19.4. The van der Waals surface area contributed by atoms with Crippen molar-refractivity contribution in [3.63, 3.8) is 0 Å². The van der Waals surface area contributed by atoms with Crippen molar-refractivity contribution in [3.8, 4) is 11.4 Å². The van der Waals surface area contributed by atoms with E-state index in [0.717, 1.165) is 0 Å². The molecular formula is C14H17F3N2O3. The molecule has 2 aromatic heterocycles. The number of aromatic nitrogens is 2. The van der Waals surface area contributed by atoms with Crippen LogP contribution in [0.4, 0.5) is 13.2 Å². The molecule has 1 N–H and O–H groups in total. The van der Waals surface area contributed by atoms with Crippen LogP contribution in [-0.2, 0) is 11.8 Å². The molecule has 0 saturated carbocycles. The molecule has 2 heterocycles. The molecule has 1 atom stereocenters. The minimum atomic E-state index is -4.59. The summed E-state index contributed by atoms with van der Waals surface area (Å²) < 4.78 is 48.7. The van der Waals surface area contributed by atoms with Crippen molar-refractivity contribution in [2.45, 2.75) is 45.9 Å². The molecule has 0 bridgehead atoms. The maximum atomic E-state index is 13.0. The third kappa shape index (κ3) is 3.16. The van der Waals surface area contributed by atoms with E-state index >= 15 is 0 Å². The molecule has 0 spiro atoms. The van der Waals surface area contributed by atoms with Crippen molar-refractivity contribution in [2.75, 3.05) is 0 Å². The largest absolute Gasteiger partial charge is 0.468 e. The summed E-state index contributed by atoms with van der Waals surface area (Å²) >= 11 is 0. The number of rotatable bonds is 4. The average molecular weight is 318 g/mol. The summed E-state index contributed by atoms with van der Waals surface area (Å²) in [6.45, 7) is 6.66. The fourth-order valence-electron chi connectivity index (χ4n) is 2.37. The van der Waals surface area contributed by atoms with Gasteiger partial charge in [-0.1, -0.05) is 19.0 Å². The Balaban J connectivity index is 2.43. The lowest BCUT2D eigenvalue weighted by Crippen LogP contribution is -2.23. The maximum Gasteiger partial charge on any atom is 0.420 e. The smallest absolute Gasteiger partial charge is 0.420 e. The molecule has 0 amide bonds. The zero-order chi connectivity index (χ0) is 16.7. The third-order valence-corrected chi connectivity index (χ3v) is 3.20.